The molecule has 8 nitrogen and oxygen atoms in total. The van der Waals surface area contributed by atoms with Crippen LogP contribution in [0.3, 0.4) is 0 Å². The summed E-state index contributed by atoms with van der Waals surface area (Å²) in [6.45, 7) is 1.74. The standard InChI is InChI=1S/C19H18N4O4S/c1-2-19(24)21-18-11-14(20)5-8-17(18)23-22-15-6-3-13-10-16(28(25,26)27)7-4-12(13)9-15/h3-11H,2,20H2,1H3,(H,21,24)(H,25,26,27). The van der Waals surface area contributed by atoms with Crippen molar-refractivity contribution in [3.8, 4) is 0 Å². The molecular weight excluding hydrogens is 380 g/mol. The molecule has 0 heterocycles. The zero-order valence-corrected chi connectivity index (χ0v) is 15.8. The van der Waals surface area contributed by atoms with Crippen LogP contribution in [0, 0.1) is 0 Å². The number of nitrogen functional groups attached to an aromatic ring is 1. The van der Waals surface area contributed by atoms with E-state index in [1.165, 1.54) is 12.1 Å². The van der Waals surface area contributed by atoms with Gasteiger partial charge in [-0.3, -0.25) is 9.35 Å². The molecule has 3 aromatic carbocycles. The van der Waals surface area contributed by atoms with Crippen LogP contribution in [0.2, 0.25) is 0 Å². The minimum Gasteiger partial charge on any atom is -0.399 e. The normalized spacial score (nSPS) is 11.8. The number of azo groups is 1. The smallest absolute Gasteiger partial charge is 0.294 e. The van der Waals surface area contributed by atoms with E-state index in [2.05, 4.69) is 15.5 Å². The molecule has 0 fully saturated rings. The molecule has 3 rings (SSSR count). The first-order valence-corrected chi connectivity index (χ1v) is 9.82. The monoisotopic (exact) mass is 398 g/mol. The summed E-state index contributed by atoms with van der Waals surface area (Å²) in [6.07, 6.45) is 0.321. The maximum atomic E-state index is 11.7. The van der Waals surface area contributed by atoms with Gasteiger partial charge in [0, 0.05) is 12.1 Å². The third-order valence-electron chi connectivity index (χ3n) is 3.98. The maximum absolute atomic E-state index is 11.7. The molecule has 0 unspecified atom stereocenters. The molecule has 1 amide bonds. The Balaban J connectivity index is 1.92. The zero-order valence-electron chi connectivity index (χ0n) is 15.0. The van der Waals surface area contributed by atoms with Gasteiger partial charge in [-0.1, -0.05) is 19.1 Å². The number of nitrogens with two attached hydrogens (primary N) is 1. The largest absolute Gasteiger partial charge is 0.399 e. The van der Waals surface area contributed by atoms with Gasteiger partial charge in [0.1, 0.15) is 5.69 Å². The molecule has 3 aromatic rings. The van der Waals surface area contributed by atoms with Crippen molar-refractivity contribution in [3.05, 3.63) is 54.6 Å². The molecule has 0 aliphatic carbocycles. The van der Waals surface area contributed by atoms with Crippen LogP contribution in [0.25, 0.3) is 10.8 Å². The highest BCUT2D eigenvalue weighted by Crippen LogP contribution is 2.30. The lowest BCUT2D eigenvalue weighted by Gasteiger charge is -2.07. The molecule has 0 aliphatic rings. The summed E-state index contributed by atoms with van der Waals surface area (Å²) < 4.78 is 31.6. The number of hydrogen-bond acceptors (Lipinski definition) is 6. The molecule has 144 valence electrons. The first-order valence-electron chi connectivity index (χ1n) is 8.38. The lowest BCUT2D eigenvalue weighted by molar-refractivity contribution is -0.115. The molecule has 0 aromatic heterocycles. The summed E-state index contributed by atoms with van der Waals surface area (Å²) in [5.74, 6) is -0.164. The lowest BCUT2D eigenvalue weighted by atomic mass is 10.1. The molecule has 9 heteroatoms. The van der Waals surface area contributed by atoms with Crippen LogP contribution < -0.4 is 11.1 Å². The fraction of sp³-hybridized carbons (Fsp3) is 0.105. The minimum atomic E-state index is -4.26. The summed E-state index contributed by atoms with van der Waals surface area (Å²) in [5, 5.41) is 12.5. The van der Waals surface area contributed by atoms with E-state index in [-0.39, 0.29) is 10.8 Å². The maximum Gasteiger partial charge on any atom is 0.294 e. The van der Waals surface area contributed by atoms with E-state index in [4.69, 9.17) is 10.3 Å². The van der Waals surface area contributed by atoms with Crippen molar-refractivity contribution in [3.63, 3.8) is 0 Å². The highest BCUT2D eigenvalue weighted by atomic mass is 32.2. The van der Waals surface area contributed by atoms with Gasteiger partial charge in [-0.05, 0) is 53.2 Å². The molecular formula is C19H18N4O4S. The Hall–Kier alpha value is -3.30. The summed E-state index contributed by atoms with van der Waals surface area (Å²) in [6, 6.07) is 14.3. The van der Waals surface area contributed by atoms with Crippen molar-refractivity contribution in [2.75, 3.05) is 11.1 Å². The SMILES string of the molecule is CCC(=O)Nc1cc(N)ccc1N=Nc1ccc2cc(S(=O)(=O)O)ccc2c1. The molecule has 0 saturated carbocycles. The second-order valence-electron chi connectivity index (χ2n) is 6.05. The molecule has 0 radical (unpaired) electrons. The quantitative estimate of drug-likeness (QED) is 0.332. The third-order valence-corrected chi connectivity index (χ3v) is 4.83. The van der Waals surface area contributed by atoms with Crippen molar-refractivity contribution >= 4 is 49.5 Å². The highest BCUT2D eigenvalue weighted by Gasteiger charge is 2.10. The molecule has 4 N–H and O–H groups in total. The molecule has 0 atom stereocenters. The highest BCUT2D eigenvalue weighted by molar-refractivity contribution is 7.85. The van der Waals surface area contributed by atoms with Crippen LogP contribution in [0.15, 0.2) is 69.7 Å². The summed E-state index contributed by atoms with van der Waals surface area (Å²) in [7, 11) is -4.26. The number of rotatable bonds is 5. The Morgan fingerprint density at radius 2 is 1.75 bits per heavy atom. The molecule has 0 aliphatic heterocycles. The van der Waals surface area contributed by atoms with E-state index in [0.717, 1.165) is 5.39 Å². The van der Waals surface area contributed by atoms with Crippen LogP contribution >= 0.6 is 0 Å². The second-order valence-corrected chi connectivity index (χ2v) is 7.47. The number of amides is 1. The number of nitrogens with zero attached hydrogens (tertiary/aromatic N) is 2. The van der Waals surface area contributed by atoms with E-state index in [0.29, 0.717) is 34.6 Å². The number of nitrogens with one attached hydrogen (secondary N) is 1. The number of anilines is 2. The predicted molar refractivity (Wildman–Crippen MR) is 108 cm³/mol. The van der Waals surface area contributed by atoms with E-state index in [1.807, 2.05) is 0 Å². The predicted octanol–water partition coefficient (Wildman–Crippen LogP) is 4.43. The van der Waals surface area contributed by atoms with Gasteiger partial charge in [0.25, 0.3) is 10.1 Å². The average Bonchev–Trinajstić information content (AvgIpc) is 2.66. The van der Waals surface area contributed by atoms with Crippen LogP contribution in [-0.2, 0) is 14.9 Å². The van der Waals surface area contributed by atoms with Crippen molar-refractivity contribution in [2.45, 2.75) is 18.2 Å². The first-order chi connectivity index (χ1) is 13.3. The lowest BCUT2D eigenvalue weighted by Crippen LogP contribution is -2.09. The van der Waals surface area contributed by atoms with Crippen molar-refractivity contribution in [1.29, 1.82) is 0 Å². The van der Waals surface area contributed by atoms with Gasteiger partial charge < -0.3 is 11.1 Å². The Morgan fingerprint density at radius 3 is 2.46 bits per heavy atom. The second kappa shape index (κ2) is 7.75. The first kappa shape index (κ1) is 19.5. The molecule has 0 saturated heterocycles. The van der Waals surface area contributed by atoms with Gasteiger partial charge >= 0.3 is 0 Å². The van der Waals surface area contributed by atoms with Gasteiger partial charge in [-0.2, -0.15) is 13.5 Å². The Morgan fingerprint density at radius 1 is 1.04 bits per heavy atom. The van der Waals surface area contributed by atoms with Crippen LogP contribution in [0.5, 0.6) is 0 Å². The van der Waals surface area contributed by atoms with Gasteiger partial charge in [-0.15, -0.1) is 5.11 Å². The van der Waals surface area contributed by atoms with Crippen molar-refractivity contribution < 1.29 is 17.8 Å². The Kier molecular flexibility index (Phi) is 5.39. The van der Waals surface area contributed by atoms with Crippen LogP contribution in [0.1, 0.15) is 13.3 Å². The summed E-state index contributed by atoms with van der Waals surface area (Å²) in [4.78, 5) is 11.5. The number of benzene rings is 3. The molecule has 0 bridgehead atoms. The van der Waals surface area contributed by atoms with Gasteiger partial charge in [-0.25, -0.2) is 0 Å². The number of carbonyl (C=O) groups is 1. The third kappa shape index (κ3) is 4.51. The fourth-order valence-corrected chi connectivity index (χ4v) is 3.04. The fourth-order valence-electron chi connectivity index (χ4n) is 2.53. The van der Waals surface area contributed by atoms with Gasteiger partial charge in [0.05, 0.1) is 16.3 Å². The Labute approximate surface area is 161 Å². The van der Waals surface area contributed by atoms with Crippen molar-refractivity contribution in [1.82, 2.24) is 0 Å². The van der Waals surface area contributed by atoms with Crippen LogP contribution in [-0.4, -0.2) is 18.9 Å². The number of hydrogen-bond donors (Lipinski definition) is 3. The minimum absolute atomic E-state index is 0.164. The van der Waals surface area contributed by atoms with Gasteiger partial charge in [0.2, 0.25) is 5.91 Å². The Bertz CT molecular complexity index is 1190. The summed E-state index contributed by atoms with van der Waals surface area (Å²) >= 11 is 0. The zero-order chi connectivity index (χ0) is 20.3. The van der Waals surface area contributed by atoms with Crippen molar-refractivity contribution in [2.24, 2.45) is 10.2 Å². The molecule has 0 spiro atoms. The topological polar surface area (TPSA) is 134 Å². The van der Waals surface area contributed by atoms with Crippen LogP contribution in [0.4, 0.5) is 22.7 Å². The molecule has 28 heavy (non-hydrogen) atoms. The van der Waals surface area contributed by atoms with E-state index in [1.54, 1.807) is 49.4 Å². The average molecular weight is 398 g/mol. The van der Waals surface area contributed by atoms with Gasteiger partial charge in [0.15, 0.2) is 0 Å². The summed E-state index contributed by atoms with van der Waals surface area (Å²) in [5.41, 5.74) is 7.73. The number of carbonyl (C=O) groups excluding carboxylic acids is 1. The van der Waals surface area contributed by atoms with E-state index < -0.39 is 10.1 Å². The van der Waals surface area contributed by atoms with E-state index in [9.17, 15) is 13.2 Å². The van der Waals surface area contributed by atoms with E-state index >= 15 is 0 Å². The number of fused-ring (bicyclic) bond motifs is 1.